The number of carbonyl (C=O) groups is 2. The van der Waals surface area contributed by atoms with Gasteiger partial charge in [-0.1, -0.05) is 6.07 Å². The number of carbonyl (C=O) groups excluding carboxylic acids is 2. The van der Waals surface area contributed by atoms with Gasteiger partial charge in [0.15, 0.2) is 0 Å². The van der Waals surface area contributed by atoms with Crippen molar-refractivity contribution >= 4 is 12.0 Å². The van der Waals surface area contributed by atoms with Gasteiger partial charge in [0, 0.05) is 25.0 Å². The molecule has 1 fully saturated rings. The summed E-state index contributed by atoms with van der Waals surface area (Å²) in [4.78, 5) is 30.3. The number of aryl methyl sites for hydroxylation is 2. The van der Waals surface area contributed by atoms with Crippen LogP contribution in [0, 0.1) is 0 Å². The number of hydrogen-bond acceptors (Lipinski definition) is 4. The van der Waals surface area contributed by atoms with E-state index in [4.69, 9.17) is 4.74 Å². The second-order valence-corrected chi connectivity index (χ2v) is 6.20. The van der Waals surface area contributed by atoms with Crippen molar-refractivity contribution in [2.45, 2.75) is 51.1 Å². The molecule has 0 radical (unpaired) electrons. The zero-order chi connectivity index (χ0) is 16.2. The van der Waals surface area contributed by atoms with Crippen molar-refractivity contribution < 1.29 is 14.3 Å². The number of aromatic nitrogens is 1. The Labute approximate surface area is 136 Å². The summed E-state index contributed by atoms with van der Waals surface area (Å²) in [5, 5.41) is 2.94. The molecule has 0 saturated carbocycles. The first kappa shape index (κ1) is 15.8. The Bertz CT molecular complexity index is 603. The van der Waals surface area contributed by atoms with Crippen molar-refractivity contribution in [1.82, 2.24) is 15.2 Å². The van der Waals surface area contributed by atoms with Crippen LogP contribution in [-0.4, -0.2) is 41.6 Å². The average molecular weight is 317 g/mol. The number of fused-ring (bicyclic) bond motifs is 1. The minimum Gasteiger partial charge on any atom is -0.453 e. The fourth-order valence-electron chi connectivity index (χ4n) is 3.42. The van der Waals surface area contributed by atoms with Gasteiger partial charge in [0.2, 0.25) is 5.91 Å². The highest BCUT2D eigenvalue weighted by Gasteiger charge is 2.32. The lowest BCUT2D eigenvalue weighted by atomic mass is 10.0. The number of pyridine rings is 1. The smallest absolute Gasteiger partial charge is 0.410 e. The molecule has 0 unspecified atom stereocenters. The number of piperidine rings is 1. The van der Waals surface area contributed by atoms with Crippen molar-refractivity contribution in [1.29, 1.82) is 0 Å². The molecule has 3 rings (SSSR count). The zero-order valence-electron chi connectivity index (χ0n) is 13.5. The lowest BCUT2D eigenvalue weighted by Crippen LogP contribution is -2.51. The van der Waals surface area contributed by atoms with Gasteiger partial charge in [0.05, 0.1) is 7.11 Å². The van der Waals surface area contributed by atoms with Gasteiger partial charge >= 0.3 is 6.09 Å². The van der Waals surface area contributed by atoms with Gasteiger partial charge in [-0.15, -0.1) is 0 Å². The molecule has 0 bridgehead atoms. The lowest BCUT2D eigenvalue weighted by Gasteiger charge is -2.33. The molecule has 124 valence electrons. The summed E-state index contributed by atoms with van der Waals surface area (Å²) < 4.78 is 4.78. The number of amides is 2. The van der Waals surface area contributed by atoms with Gasteiger partial charge in [-0.2, -0.15) is 0 Å². The third kappa shape index (κ3) is 3.46. The number of methoxy groups -OCH3 is 1. The van der Waals surface area contributed by atoms with Gasteiger partial charge in [-0.3, -0.25) is 14.7 Å². The monoisotopic (exact) mass is 317 g/mol. The second-order valence-electron chi connectivity index (χ2n) is 6.20. The van der Waals surface area contributed by atoms with E-state index in [1.807, 2.05) is 6.20 Å². The largest absolute Gasteiger partial charge is 0.453 e. The van der Waals surface area contributed by atoms with E-state index in [0.717, 1.165) is 37.7 Å². The highest BCUT2D eigenvalue weighted by atomic mass is 16.5. The Hall–Kier alpha value is -2.11. The molecule has 2 heterocycles. The molecular formula is C17H23N3O3. The van der Waals surface area contributed by atoms with E-state index in [-0.39, 0.29) is 5.91 Å². The van der Waals surface area contributed by atoms with E-state index in [1.54, 1.807) is 0 Å². The van der Waals surface area contributed by atoms with E-state index in [0.29, 0.717) is 19.5 Å². The van der Waals surface area contributed by atoms with Crippen LogP contribution in [-0.2, 0) is 28.9 Å². The first-order chi connectivity index (χ1) is 11.2. The summed E-state index contributed by atoms with van der Waals surface area (Å²) in [7, 11) is 1.35. The van der Waals surface area contributed by atoms with Crippen molar-refractivity contribution in [3.63, 3.8) is 0 Å². The molecular weight excluding hydrogens is 294 g/mol. The third-order valence-corrected chi connectivity index (χ3v) is 4.66. The van der Waals surface area contributed by atoms with E-state index in [2.05, 4.69) is 16.4 Å². The summed E-state index contributed by atoms with van der Waals surface area (Å²) in [5.41, 5.74) is 3.49. The van der Waals surface area contributed by atoms with Gasteiger partial charge in [-0.25, -0.2) is 4.79 Å². The number of hydrogen-bond donors (Lipinski definition) is 1. The first-order valence-corrected chi connectivity index (χ1v) is 8.28. The van der Waals surface area contributed by atoms with Crippen molar-refractivity contribution in [3.8, 4) is 0 Å². The minimum atomic E-state index is -0.432. The van der Waals surface area contributed by atoms with Crippen LogP contribution in [0.4, 0.5) is 4.79 Å². The number of nitrogens with zero attached hydrogens (tertiary/aromatic N) is 2. The number of likely N-dealkylation sites (tertiary alicyclic amines) is 1. The normalized spacial score (nSPS) is 20.0. The zero-order valence-corrected chi connectivity index (χ0v) is 13.5. The SMILES string of the molecule is COC(=O)N1CCCC[C@H]1C(=O)NCc1cnc2c(c1)CCC2. The molecule has 1 atom stereocenters. The van der Waals surface area contributed by atoms with Crippen molar-refractivity contribution in [3.05, 3.63) is 29.1 Å². The summed E-state index contributed by atoms with van der Waals surface area (Å²) in [5.74, 6) is -0.115. The molecule has 1 saturated heterocycles. The van der Waals surface area contributed by atoms with E-state index in [9.17, 15) is 9.59 Å². The molecule has 1 aromatic rings. The summed E-state index contributed by atoms with van der Waals surface area (Å²) in [6, 6.07) is 1.70. The predicted octanol–water partition coefficient (Wildman–Crippen LogP) is 1.81. The highest BCUT2D eigenvalue weighted by Crippen LogP contribution is 2.21. The number of ether oxygens (including phenoxy) is 1. The Morgan fingerprint density at radius 1 is 1.35 bits per heavy atom. The van der Waals surface area contributed by atoms with Gasteiger partial charge in [-0.05, 0) is 49.7 Å². The second kappa shape index (κ2) is 6.98. The molecule has 0 spiro atoms. The molecule has 1 aliphatic heterocycles. The van der Waals surface area contributed by atoms with Crippen LogP contribution in [0.1, 0.15) is 42.5 Å². The molecule has 2 amide bonds. The lowest BCUT2D eigenvalue weighted by molar-refractivity contribution is -0.127. The quantitative estimate of drug-likeness (QED) is 0.923. The predicted molar refractivity (Wildman–Crippen MR) is 84.9 cm³/mol. The number of rotatable bonds is 3. The summed E-state index contributed by atoms with van der Waals surface area (Å²) in [6.45, 7) is 1.02. The van der Waals surface area contributed by atoms with Crippen LogP contribution in [0.25, 0.3) is 0 Å². The Morgan fingerprint density at radius 2 is 2.22 bits per heavy atom. The van der Waals surface area contributed by atoms with Crippen LogP contribution >= 0.6 is 0 Å². The van der Waals surface area contributed by atoms with Crippen LogP contribution in [0.3, 0.4) is 0 Å². The third-order valence-electron chi connectivity index (χ3n) is 4.66. The van der Waals surface area contributed by atoms with Crippen molar-refractivity contribution in [2.24, 2.45) is 0 Å². The Kier molecular flexibility index (Phi) is 4.79. The van der Waals surface area contributed by atoms with E-state index >= 15 is 0 Å². The fourth-order valence-corrected chi connectivity index (χ4v) is 3.42. The Morgan fingerprint density at radius 3 is 3.04 bits per heavy atom. The molecule has 6 nitrogen and oxygen atoms in total. The minimum absolute atomic E-state index is 0.115. The molecule has 0 aromatic carbocycles. The molecule has 6 heteroatoms. The summed E-state index contributed by atoms with van der Waals surface area (Å²) in [6.07, 6.45) is 7.24. The van der Waals surface area contributed by atoms with Gasteiger partial charge in [0.25, 0.3) is 0 Å². The van der Waals surface area contributed by atoms with Gasteiger partial charge < -0.3 is 10.1 Å². The maximum atomic E-state index is 12.5. The van der Waals surface area contributed by atoms with E-state index in [1.165, 1.54) is 23.3 Å². The molecule has 23 heavy (non-hydrogen) atoms. The van der Waals surface area contributed by atoms with Crippen LogP contribution < -0.4 is 5.32 Å². The topological polar surface area (TPSA) is 71.5 Å². The molecule has 1 aliphatic carbocycles. The summed E-state index contributed by atoms with van der Waals surface area (Å²) >= 11 is 0. The van der Waals surface area contributed by atoms with Crippen LogP contribution in [0.5, 0.6) is 0 Å². The molecule has 2 aliphatic rings. The van der Waals surface area contributed by atoms with Gasteiger partial charge in [0.1, 0.15) is 6.04 Å². The molecule has 1 N–H and O–H groups in total. The standard InChI is InChI=1S/C17H23N3O3/c1-23-17(22)20-8-3-2-7-15(20)16(21)19-11-12-9-13-5-4-6-14(13)18-10-12/h9-10,15H,2-8,11H2,1H3,(H,19,21)/t15-/m0/s1. The average Bonchev–Trinajstić information content (AvgIpc) is 3.06. The number of nitrogens with one attached hydrogen (secondary N) is 1. The fraction of sp³-hybridized carbons (Fsp3) is 0.588. The maximum absolute atomic E-state index is 12.5. The highest BCUT2D eigenvalue weighted by molar-refractivity contribution is 5.85. The molecule has 1 aromatic heterocycles. The Balaban J connectivity index is 1.60. The van der Waals surface area contributed by atoms with E-state index < -0.39 is 12.1 Å². The van der Waals surface area contributed by atoms with Crippen LogP contribution in [0.15, 0.2) is 12.3 Å². The maximum Gasteiger partial charge on any atom is 0.410 e. The van der Waals surface area contributed by atoms with Crippen LogP contribution in [0.2, 0.25) is 0 Å². The van der Waals surface area contributed by atoms with Crippen molar-refractivity contribution in [2.75, 3.05) is 13.7 Å². The first-order valence-electron chi connectivity index (χ1n) is 8.28.